The first-order chi connectivity index (χ1) is 11.7. The zero-order valence-corrected chi connectivity index (χ0v) is 13.7. The van der Waals surface area contributed by atoms with Gasteiger partial charge in [0, 0.05) is 16.5 Å². The second kappa shape index (κ2) is 5.90. The van der Waals surface area contributed by atoms with Gasteiger partial charge in [-0.15, -0.1) is 5.10 Å². The van der Waals surface area contributed by atoms with Gasteiger partial charge in [-0.05, 0) is 29.8 Å². The Balaban J connectivity index is 1.83. The number of hydrogen-bond donors (Lipinski definition) is 0. The fourth-order valence-electron chi connectivity index (χ4n) is 2.42. The van der Waals surface area contributed by atoms with Crippen LogP contribution < -0.4 is 10.3 Å². The quantitative estimate of drug-likeness (QED) is 0.575. The molecule has 0 aliphatic carbocycles. The molecule has 0 aliphatic rings. The molecule has 0 fully saturated rings. The molecule has 24 heavy (non-hydrogen) atoms. The summed E-state index contributed by atoms with van der Waals surface area (Å²) >= 11 is 1.44. The van der Waals surface area contributed by atoms with Crippen LogP contribution in [0.1, 0.15) is 0 Å². The van der Waals surface area contributed by atoms with Gasteiger partial charge < -0.3 is 4.74 Å². The molecule has 0 N–H and O–H groups in total. The van der Waals surface area contributed by atoms with Gasteiger partial charge in [-0.3, -0.25) is 4.79 Å². The Morgan fingerprint density at radius 3 is 2.46 bits per heavy atom. The number of methoxy groups -OCH3 is 1. The maximum Gasteiger partial charge on any atom is 0.275 e. The summed E-state index contributed by atoms with van der Waals surface area (Å²) in [4.78, 5) is 18.3. The van der Waals surface area contributed by atoms with Crippen molar-refractivity contribution in [3.63, 3.8) is 0 Å². The molecule has 5 nitrogen and oxygen atoms in total. The Hall–Kier alpha value is -2.99. The number of hydrogen-bond acceptors (Lipinski definition) is 5. The van der Waals surface area contributed by atoms with Gasteiger partial charge in [0.15, 0.2) is 5.82 Å². The summed E-state index contributed by atoms with van der Waals surface area (Å²) in [7, 11) is 1.62. The summed E-state index contributed by atoms with van der Waals surface area (Å²) in [5.41, 5.74) is 1.65. The van der Waals surface area contributed by atoms with Crippen LogP contribution >= 0.6 is 11.3 Å². The van der Waals surface area contributed by atoms with Crippen LogP contribution in [0.2, 0.25) is 0 Å². The molecular weight excluding hydrogens is 322 g/mol. The van der Waals surface area contributed by atoms with E-state index < -0.39 is 0 Å². The largest absolute Gasteiger partial charge is 0.497 e. The Labute approximate surface area is 141 Å². The molecule has 6 heteroatoms. The van der Waals surface area contributed by atoms with Crippen LogP contribution in [0.15, 0.2) is 65.5 Å². The standard InChI is InChI=1S/C18H13N3O2S/c1-23-14-9-7-13(8-10-14)17-19-18-21(20-17)16(22)11-15(24-18)12-5-3-2-4-6-12/h2-11H,1H3. The summed E-state index contributed by atoms with van der Waals surface area (Å²) in [6, 6.07) is 18.8. The van der Waals surface area contributed by atoms with Crippen LogP contribution in [-0.4, -0.2) is 21.7 Å². The highest BCUT2D eigenvalue weighted by Crippen LogP contribution is 2.26. The predicted octanol–water partition coefficient (Wildman–Crippen LogP) is 3.49. The van der Waals surface area contributed by atoms with Crippen LogP contribution in [-0.2, 0) is 0 Å². The van der Waals surface area contributed by atoms with Crippen LogP contribution in [0.3, 0.4) is 0 Å². The zero-order chi connectivity index (χ0) is 16.5. The minimum atomic E-state index is -0.185. The number of rotatable bonds is 3. The van der Waals surface area contributed by atoms with E-state index in [-0.39, 0.29) is 5.56 Å². The first-order valence-corrected chi connectivity index (χ1v) is 8.17. The molecule has 2 heterocycles. The molecule has 4 aromatic rings. The monoisotopic (exact) mass is 335 g/mol. The molecule has 0 radical (unpaired) electrons. The van der Waals surface area contributed by atoms with E-state index in [9.17, 15) is 4.79 Å². The number of nitrogens with zero attached hydrogens (tertiary/aromatic N) is 3. The van der Waals surface area contributed by atoms with Crippen molar-refractivity contribution in [1.82, 2.24) is 14.6 Å². The van der Waals surface area contributed by atoms with E-state index in [1.165, 1.54) is 15.9 Å². The molecule has 0 atom stereocenters. The van der Waals surface area contributed by atoms with Gasteiger partial charge in [0.05, 0.1) is 7.11 Å². The van der Waals surface area contributed by atoms with Gasteiger partial charge in [-0.2, -0.15) is 9.50 Å². The Bertz CT molecular complexity index is 1050. The van der Waals surface area contributed by atoms with Gasteiger partial charge in [-0.1, -0.05) is 41.7 Å². The van der Waals surface area contributed by atoms with Crippen molar-refractivity contribution < 1.29 is 4.74 Å². The summed E-state index contributed by atoms with van der Waals surface area (Å²) in [5.74, 6) is 1.29. The first kappa shape index (κ1) is 14.6. The predicted molar refractivity (Wildman–Crippen MR) is 94.6 cm³/mol. The van der Waals surface area contributed by atoms with E-state index in [4.69, 9.17) is 4.74 Å². The molecule has 4 rings (SSSR count). The molecule has 0 amide bonds. The Kier molecular flexibility index (Phi) is 3.59. The van der Waals surface area contributed by atoms with Gasteiger partial charge in [-0.25, -0.2) is 0 Å². The van der Waals surface area contributed by atoms with Crippen molar-refractivity contribution in [2.45, 2.75) is 0 Å². The topological polar surface area (TPSA) is 56.5 Å². The van der Waals surface area contributed by atoms with Crippen LogP contribution in [0.5, 0.6) is 5.75 Å². The fourth-order valence-corrected chi connectivity index (χ4v) is 3.38. The highest BCUT2D eigenvalue weighted by atomic mass is 32.1. The molecule has 118 valence electrons. The highest BCUT2D eigenvalue weighted by Gasteiger charge is 2.11. The number of benzene rings is 2. The molecule has 2 aromatic carbocycles. The van der Waals surface area contributed by atoms with Crippen molar-refractivity contribution in [1.29, 1.82) is 0 Å². The lowest BCUT2D eigenvalue weighted by Gasteiger charge is -1.99. The summed E-state index contributed by atoms with van der Waals surface area (Å²) in [6.45, 7) is 0. The lowest BCUT2D eigenvalue weighted by atomic mass is 10.2. The molecule has 2 aromatic heterocycles. The Morgan fingerprint density at radius 1 is 1.00 bits per heavy atom. The van der Waals surface area contributed by atoms with Crippen LogP contribution in [0.4, 0.5) is 0 Å². The third kappa shape index (κ3) is 2.57. The average molecular weight is 335 g/mol. The summed E-state index contributed by atoms with van der Waals surface area (Å²) in [6.07, 6.45) is 0. The van der Waals surface area contributed by atoms with Crippen LogP contribution in [0.25, 0.3) is 26.8 Å². The van der Waals surface area contributed by atoms with E-state index in [1.807, 2.05) is 54.6 Å². The number of fused-ring (bicyclic) bond motifs is 1. The molecule has 0 aliphatic heterocycles. The minimum absolute atomic E-state index is 0.185. The first-order valence-electron chi connectivity index (χ1n) is 7.35. The molecular formula is C18H13N3O2S. The molecule has 0 spiro atoms. The third-order valence-electron chi connectivity index (χ3n) is 3.65. The molecule has 0 bridgehead atoms. The van der Waals surface area contributed by atoms with E-state index in [2.05, 4.69) is 10.1 Å². The van der Waals surface area contributed by atoms with Crippen molar-refractivity contribution in [2.24, 2.45) is 0 Å². The summed E-state index contributed by atoms with van der Waals surface area (Å²) < 4.78 is 6.50. The van der Waals surface area contributed by atoms with Gasteiger partial charge in [0.1, 0.15) is 5.75 Å². The smallest absolute Gasteiger partial charge is 0.275 e. The van der Waals surface area contributed by atoms with Gasteiger partial charge in [0.25, 0.3) is 5.56 Å². The van der Waals surface area contributed by atoms with Crippen molar-refractivity contribution >= 4 is 16.3 Å². The van der Waals surface area contributed by atoms with E-state index in [0.717, 1.165) is 21.8 Å². The summed E-state index contributed by atoms with van der Waals surface area (Å²) in [5, 5.41) is 4.34. The minimum Gasteiger partial charge on any atom is -0.497 e. The van der Waals surface area contributed by atoms with Crippen LogP contribution in [0, 0.1) is 0 Å². The molecule has 0 saturated heterocycles. The molecule has 0 unspecified atom stereocenters. The Morgan fingerprint density at radius 2 is 1.75 bits per heavy atom. The van der Waals surface area contributed by atoms with Crippen molar-refractivity contribution in [2.75, 3.05) is 7.11 Å². The maximum absolute atomic E-state index is 12.4. The van der Waals surface area contributed by atoms with E-state index >= 15 is 0 Å². The lowest BCUT2D eigenvalue weighted by Crippen LogP contribution is -2.11. The zero-order valence-electron chi connectivity index (χ0n) is 12.8. The molecule has 0 saturated carbocycles. The third-order valence-corrected chi connectivity index (χ3v) is 4.67. The normalized spacial score (nSPS) is 10.9. The fraction of sp³-hybridized carbons (Fsp3) is 0.0556. The second-order valence-corrected chi connectivity index (χ2v) is 6.18. The average Bonchev–Trinajstić information content (AvgIpc) is 3.07. The van der Waals surface area contributed by atoms with E-state index in [1.54, 1.807) is 13.2 Å². The number of aromatic nitrogens is 3. The van der Waals surface area contributed by atoms with Gasteiger partial charge >= 0.3 is 0 Å². The number of ether oxygens (including phenoxy) is 1. The highest BCUT2D eigenvalue weighted by molar-refractivity contribution is 7.19. The maximum atomic E-state index is 12.4. The van der Waals surface area contributed by atoms with E-state index in [0.29, 0.717) is 10.8 Å². The SMILES string of the molecule is COc1ccc(-c2nc3sc(-c4ccccc4)cc(=O)n3n2)cc1. The lowest BCUT2D eigenvalue weighted by molar-refractivity contribution is 0.415. The van der Waals surface area contributed by atoms with Gasteiger partial charge in [0.2, 0.25) is 4.96 Å². The van der Waals surface area contributed by atoms with Crippen molar-refractivity contribution in [3.8, 4) is 27.6 Å². The second-order valence-electron chi connectivity index (χ2n) is 5.17. The van der Waals surface area contributed by atoms with Crippen molar-refractivity contribution in [3.05, 3.63) is 71.0 Å².